The van der Waals surface area contributed by atoms with Gasteiger partial charge in [0.15, 0.2) is 0 Å². The van der Waals surface area contributed by atoms with Gasteiger partial charge in [0.1, 0.15) is 5.82 Å². The maximum Gasteiger partial charge on any atom is 0.251 e. The summed E-state index contributed by atoms with van der Waals surface area (Å²) in [5.74, 6) is 0.931. The van der Waals surface area contributed by atoms with E-state index in [4.69, 9.17) is 4.98 Å². The van der Waals surface area contributed by atoms with E-state index in [-0.39, 0.29) is 5.91 Å². The number of carbonyl (C=O) groups is 1. The minimum absolute atomic E-state index is 0.0503. The Morgan fingerprint density at radius 3 is 2.43 bits per heavy atom. The van der Waals surface area contributed by atoms with E-state index in [1.54, 1.807) is 0 Å². The normalized spacial score (nSPS) is 10.9. The molecule has 0 aliphatic rings. The first-order valence-corrected chi connectivity index (χ1v) is 9.53. The van der Waals surface area contributed by atoms with E-state index in [1.165, 1.54) is 5.56 Å². The summed E-state index contributed by atoms with van der Waals surface area (Å²) in [7, 11) is 0. The molecule has 1 heterocycles. The number of nitrogens with zero attached hydrogens (tertiary/aromatic N) is 2. The zero-order valence-corrected chi connectivity index (χ0v) is 15.9. The fraction of sp³-hybridized carbons (Fsp3) is 0.167. The smallest absolute Gasteiger partial charge is 0.251 e. The van der Waals surface area contributed by atoms with Crippen molar-refractivity contribution in [1.82, 2.24) is 14.9 Å². The molecule has 0 fully saturated rings. The summed E-state index contributed by atoms with van der Waals surface area (Å²) in [5.41, 5.74) is 5.16. The van der Waals surface area contributed by atoms with Crippen LogP contribution < -0.4 is 5.32 Å². The highest BCUT2D eigenvalue weighted by atomic mass is 16.1. The van der Waals surface area contributed by atoms with E-state index in [0.717, 1.165) is 29.0 Å². The van der Waals surface area contributed by atoms with Gasteiger partial charge in [0, 0.05) is 25.1 Å². The van der Waals surface area contributed by atoms with Crippen LogP contribution in [0.4, 0.5) is 0 Å². The Balaban J connectivity index is 1.51. The number of aryl methyl sites for hydroxylation is 1. The van der Waals surface area contributed by atoms with Gasteiger partial charge >= 0.3 is 0 Å². The maximum atomic E-state index is 12.4. The quantitative estimate of drug-likeness (QED) is 0.549. The molecule has 0 atom stereocenters. The number of amides is 1. The second kappa shape index (κ2) is 8.09. The van der Waals surface area contributed by atoms with Gasteiger partial charge in [0.25, 0.3) is 5.91 Å². The predicted octanol–water partition coefficient (Wildman–Crippen LogP) is 4.37. The fourth-order valence-corrected chi connectivity index (χ4v) is 3.35. The Hall–Kier alpha value is -3.40. The zero-order valence-electron chi connectivity index (χ0n) is 15.9. The molecule has 28 heavy (non-hydrogen) atoms. The Morgan fingerprint density at radius 2 is 1.64 bits per heavy atom. The number of hydrogen-bond acceptors (Lipinski definition) is 2. The monoisotopic (exact) mass is 369 g/mol. The van der Waals surface area contributed by atoms with Gasteiger partial charge in [0.05, 0.1) is 11.0 Å². The number of rotatable bonds is 6. The average Bonchev–Trinajstić information content (AvgIpc) is 3.07. The summed E-state index contributed by atoms with van der Waals surface area (Å²) < 4.78 is 2.24. The van der Waals surface area contributed by atoms with E-state index in [2.05, 4.69) is 40.2 Å². The Bertz CT molecular complexity index is 1080. The summed E-state index contributed by atoms with van der Waals surface area (Å²) in [4.78, 5) is 17.2. The zero-order chi connectivity index (χ0) is 19.3. The van der Waals surface area contributed by atoms with Crippen molar-refractivity contribution in [2.45, 2.75) is 19.9 Å². The molecule has 4 aromatic rings. The van der Waals surface area contributed by atoms with Crippen molar-refractivity contribution in [1.29, 1.82) is 0 Å². The van der Waals surface area contributed by atoms with Gasteiger partial charge in [-0.25, -0.2) is 4.98 Å². The minimum Gasteiger partial charge on any atom is -0.352 e. The van der Waals surface area contributed by atoms with E-state index in [1.807, 2.05) is 55.5 Å². The van der Waals surface area contributed by atoms with Gasteiger partial charge in [-0.15, -0.1) is 0 Å². The van der Waals surface area contributed by atoms with Gasteiger partial charge in [-0.3, -0.25) is 4.79 Å². The summed E-state index contributed by atoms with van der Waals surface area (Å²) in [6.45, 7) is 3.33. The number of para-hydroxylation sites is 2. The third-order valence-electron chi connectivity index (χ3n) is 4.87. The van der Waals surface area contributed by atoms with E-state index in [0.29, 0.717) is 18.5 Å². The number of hydrogen-bond donors (Lipinski definition) is 1. The van der Waals surface area contributed by atoms with Crippen molar-refractivity contribution >= 4 is 16.9 Å². The van der Waals surface area contributed by atoms with Crippen LogP contribution in [-0.2, 0) is 13.0 Å². The molecule has 4 rings (SSSR count). The summed E-state index contributed by atoms with van der Waals surface area (Å²) in [6, 6.07) is 26.2. The highest BCUT2D eigenvalue weighted by Crippen LogP contribution is 2.18. The SMILES string of the molecule is Cc1ccc(C(=O)NCCc2nc3ccccc3n2Cc2ccccc2)cc1. The lowest BCUT2D eigenvalue weighted by Crippen LogP contribution is -2.26. The molecule has 0 saturated heterocycles. The molecule has 0 unspecified atom stereocenters. The maximum absolute atomic E-state index is 12.4. The van der Waals surface area contributed by atoms with Crippen molar-refractivity contribution in [2.75, 3.05) is 6.54 Å². The lowest BCUT2D eigenvalue weighted by atomic mass is 10.1. The van der Waals surface area contributed by atoms with Crippen molar-refractivity contribution in [3.05, 3.63) is 101 Å². The molecule has 0 aliphatic carbocycles. The topological polar surface area (TPSA) is 46.9 Å². The van der Waals surface area contributed by atoms with Crippen LogP contribution in [0.5, 0.6) is 0 Å². The molecule has 0 radical (unpaired) electrons. The minimum atomic E-state index is -0.0503. The van der Waals surface area contributed by atoms with Gasteiger partial charge in [-0.2, -0.15) is 0 Å². The molecule has 0 aliphatic heterocycles. The van der Waals surface area contributed by atoms with Crippen LogP contribution in [0.15, 0.2) is 78.9 Å². The summed E-state index contributed by atoms with van der Waals surface area (Å²) in [6.07, 6.45) is 0.680. The van der Waals surface area contributed by atoms with Crippen molar-refractivity contribution < 1.29 is 4.79 Å². The third-order valence-corrected chi connectivity index (χ3v) is 4.87. The standard InChI is InChI=1S/C24H23N3O/c1-18-11-13-20(14-12-18)24(28)25-16-15-23-26-21-9-5-6-10-22(21)27(23)17-19-7-3-2-4-8-19/h2-14H,15-17H2,1H3,(H,25,28). The van der Waals surface area contributed by atoms with E-state index >= 15 is 0 Å². The molecule has 1 amide bonds. The Labute approximate surface area is 164 Å². The predicted molar refractivity (Wildman–Crippen MR) is 112 cm³/mol. The van der Waals surface area contributed by atoms with Crippen LogP contribution in [0.3, 0.4) is 0 Å². The van der Waals surface area contributed by atoms with E-state index in [9.17, 15) is 4.79 Å². The van der Waals surface area contributed by atoms with E-state index < -0.39 is 0 Å². The second-order valence-corrected chi connectivity index (χ2v) is 6.96. The summed E-state index contributed by atoms with van der Waals surface area (Å²) in [5, 5.41) is 3.01. The van der Waals surface area contributed by atoms with Crippen molar-refractivity contribution in [3.8, 4) is 0 Å². The number of carbonyl (C=O) groups excluding carboxylic acids is 1. The molecule has 140 valence electrons. The van der Waals surface area contributed by atoms with Gasteiger partial charge < -0.3 is 9.88 Å². The number of benzene rings is 3. The van der Waals surface area contributed by atoms with Crippen LogP contribution in [0.25, 0.3) is 11.0 Å². The number of imidazole rings is 1. The van der Waals surface area contributed by atoms with Gasteiger partial charge in [0.2, 0.25) is 0 Å². The summed E-state index contributed by atoms with van der Waals surface area (Å²) >= 11 is 0. The lowest BCUT2D eigenvalue weighted by molar-refractivity contribution is 0.0954. The third kappa shape index (κ3) is 3.96. The molecule has 1 N–H and O–H groups in total. The largest absolute Gasteiger partial charge is 0.352 e. The molecule has 1 aromatic heterocycles. The first-order valence-electron chi connectivity index (χ1n) is 9.53. The van der Waals surface area contributed by atoms with Crippen LogP contribution in [-0.4, -0.2) is 22.0 Å². The average molecular weight is 369 g/mol. The van der Waals surface area contributed by atoms with Crippen molar-refractivity contribution in [3.63, 3.8) is 0 Å². The number of nitrogens with one attached hydrogen (secondary N) is 1. The van der Waals surface area contributed by atoms with Crippen LogP contribution in [0.1, 0.15) is 27.3 Å². The molecule has 3 aromatic carbocycles. The highest BCUT2D eigenvalue weighted by molar-refractivity contribution is 5.94. The number of aromatic nitrogens is 2. The van der Waals surface area contributed by atoms with Gasteiger partial charge in [-0.1, -0.05) is 60.2 Å². The Morgan fingerprint density at radius 1 is 0.929 bits per heavy atom. The van der Waals surface area contributed by atoms with Crippen LogP contribution >= 0.6 is 0 Å². The molecule has 0 saturated carbocycles. The molecular weight excluding hydrogens is 346 g/mol. The lowest BCUT2D eigenvalue weighted by Gasteiger charge is -2.10. The molecule has 0 bridgehead atoms. The first kappa shape index (κ1) is 18.0. The fourth-order valence-electron chi connectivity index (χ4n) is 3.35. The number of fused-ring (bicyclic) bond motifs is 1. The Kier molecular flexibility index (Phi) is 5.20. The van der Waals surface area contributed by atoms with Gasteiger partial charge in [-0.05, 0) is 36.8 Å². The van der Waals surface area contributed by atoms with Crippen molar-refractivity contribution in [2.24, 2.45) is 0 Å². The highest BCUT2D eigenvalue weighted by Gasteiger charge is 2.12. The second-order valence-electron chi connectivity index (χ2n) is 6.96. The molecular formula is C24H23N3O. The van der Waals surface area contributed by atoms with Crippen LogP contribution in [0.2, 0.25) is 0 Å². The first-order chi connectivity index (χ1) is 13.7. The van der Waals surface area contributed by atoms with Crippen LogP contribution in [0, 0.1) is 6.92 Å². The molecule has 4 nitrogen and oxygen atoms in total. The molecule has 4 heteroatoms. The molecule has 0 spiro atoms.